The molecule has 0 aromatic carbocycles. The van der Waals surface area contributed by atoms with Crippen LogP contribution in [-0.2, 0) is 8.85 Å². The lowest BCUT2D eigenvalue weighted by atomic mass is 10.5. The smallest absolute Gasteiger partial charge is 0.197 e. The van der Waals surface area contributed by atoms with Gasteiger partial charge in [0.15, 0.2) is 16.6 Å². The van der Waals surface area contributed by atoms with Crippen LogP contribution < -0.4 is 0 Å². The average molecular weight is 375 g/mol. The van der Waals surface area contributed by atoms with Crippen molar-refractivity contribution >= 4 is 16.6 Å². The summed E-state index contributed by atoms with van der Waals surface area (Å²) in [4.78, 5) is 0. The van der Waals surface area contributed by atoms with Crippen LogP contribution in [0.2, 0.25) is 34.3 Å². The summed E-state index contributed by atoms with van der Waals surface area (Å²) in [7, 11) is -3.62. The third-order valence-corrected chi connectivity index (χ3v) is 17.9. The van der Waals surface area contributed by atoms with E-state index in [-0.39, 0.29) is 0 Å². The maximum Gasteiger partial charge on any atom is 0.197 e. The van der Waals surface area contributed by atoms with Crippen LogP contribution in [0.15, 0.2) is 0 Å². The van der Waals surface area contributed by atoms with Gasteiger partial charge < -0.3 is 8.85 Å². The highest BCUT2D eigenvalue weighted by Crippen LogP contribution is 2.45. The maximum atomic E-state index is 6.73. The van der Waals surface area contributed by atoms with Gasteiger partial charge in [-0.15, -0.1) is 0 Å². The molecule has 0 saturated carbocycles. The molecule has 0 radical (unpaired) electrons. The zero-order chi connectivity index (χ0) is 19.3. The third-order valence-electron chi connectivity index (χ3n) is 5.73. The molecule has 0 aliphatic rings. The van der Waals surface area contributed by atoms with E-state index < -0.39 is 16.6 Å². The minimum atomic E-state index is -1.81. The van der Waals surface area contributed by atoms with E-state index in [1.54, 1.807) is 0 Å². The van der Waals surface area contributed by atoms with E-state index in [2.05, 4.69) is 83.1 Å². The first kappa shape index (κ1) is 24.4. The zero-order valence-electron chi connectivity index (χ0n) is 18.7. The summed E-state index contributed by atoms with van der Waals surface area (Å²) in [5.74, 6) is 0. The summed E-state index contributed by atoms with van der Waals surface area (Å²) in [5.41, 5.74) is 2.57. The Morgan fingerprint density at radius 1 is 0.458 bits per heavy atom. The molecule has 0 rings (SSSR count). The molecule has 0 aliphatic carbocycles. The maximum absolute atomic E-state index is 6.73. The first-order valence-electron chi connectivity index (χ1n) is 10.2. The van der Waals surface area contributed by atoms with Crippen LogP contribution in [0.5, 0.6) is 0 Å². The van der Waals surface area contributed by atoms with E-state index >= 15 is 0 Å². The monoisotopic (exact) mass is 374 g/mol. The van der Waals surface area contributed by atoms with Crippen molar-refractivity contribution < 1.29 is 8.85 Å². The van der Waals surface area contributed by atoms with Crippen LogP contribution in [0.3, 0.4) is 0 Å². The summed E-state index contributed by atoms with van der Waals surface area (Å²) < 4.78 is 13.5. The van der Waals surface area contributed by atoms with Crippen molar-refractivity contribution in [1.82, 2.24) is 0 Å². The van der Waals surface area contributed by atoms with Crippen molar-refractivity contribution in [2.24, 2.45) is 0 Å². The molecule has 0 spiro atoms. The quantitative estimate of drug-likeness (QED) is 0.351. The Labute approximate surface area is 155 Å². The molecule has 2 nitrogen and oxygen atoms in total. The Kier molecular flexibility index (Phi) is 10.0. The zero-order valence-corrected chi connectivity index (χ0v) is 20.7. The van der Waals surface area contributed by atoms with Gasteiger partial charge in [0.1, 0.15) is 0 Å². The van der Waals surface area contributed by atoms with E-state index in [4.69, 9.17) is 8.85 Å². The fourth-order valence-electron chi connectivity index (χ4n) is 4.42. The molecule has 0 unspecified atom stereocenters. The Morgan fingerprint density at radius 2 is 0.667 bits per heavy atom. The van der Waals surface area contributed by atoms with Gasteiger partial charge in [-0.2, -0.15) is 0 Å². The van der Waals surface area contributed by atoms with Crippen molar-refractivity contribution in [1.29, 1.82) is 0 Å². The molecular formula is C20H46O2Si2. The van der Waals surface area contributed by atoms with Crippen LogP contribution in [0.1, 0.15) is 83.1 Å². The van der Waals surface area contributed by atoms with Crippen molar-refractivity contribution in [3.05, 3.63) is 0 Å². The lowest BCUT2D eigenvalue weighted by Gasteiger charge is -2.45. The normalized spacial score (nSPS) is 14.2. The molecule has 0 heterocycles. The molecule has 0 saturated heterocycles. The summed E-state index contributed by atoms with van der Waals surface area (Å²) in [6.45, 7) is 27.9. The molecule has 4 heteroatoms. The van der Waals surface area contributed by atoms with Crippen molar-refractivity contribution in [2.75, 3.05) is 0 Å². The predicted molar refractivity (Wildman–Crippen MR) is 114 cm³/mol. The van der Waals surface area contributed by atoms with Gasteiger partial charge in [0.2, 0.25) is 0 Å². The van der Waals surface area contributed by atoms with Gasteiger partial charge in [-0.1, -0.05) is 55.4 Å². The molecule has 0 amide bonds. The van der Waals surface area contributed by atoms with Crippen molar-refractivity contribution in [2.45, 2.75) is 130 Å². The van der Waals surface area contributed by atoms with E-state index in [1.807, 2.05) is 0 Å². The highest BCUT2D eigenvalue weighted by atomic mass is 28.4. The second kappa shape index (κ2) is 9.89. The van der Waals surface area contributed by atoms with E-state index in [9.17, 15) is 0 Å². The first-order chi connectivity index (χ1) is 10.8. The summed E-state index contributed by atoms with van der Waals surface area (Å²) in [5, 5.41) is 0. The van der Waals surface area contributed by atoms with Gasteiger partial charge in [0.25, 0.3) is 0 Å². The lowest BCUT2D eigenvalue weighted by Crippen LogP contribution is -2.52. The largest absolute Gasteiger partial charge is 0.414 e. The number of hydrogen-bond donors (Lipinski definition) is 0. The molecule has 24 heavy (non-hydrogen) atoms. The Morgan fingerprint density at radius 3 is 0.792 bits per heavy atom. The van der Waals surface area contributed by atoms with Gasteiger partial charge >= 0.3 is 0 Å². The molecule has 0 aromatic rings. The Bertz CT molecular complexity index is 300. The topological polar surface area (TPSA) is 18.5 Å². The molecule has 0 N–H and O–H groups in total. The second-order valence-corrected chi connectivity index (χ2v) is 19.3. The second-order valence-electron chi connectivity index (χ2n) is 9.36. The van der Waals surface area contributed by atoms with Crippen LogP contribution in [0.25, 0.3) is 0 Å². The van der Waals surface area contributed by atoms with Gasteiger partial charge in [0, 0.05) is 12.2 Å². The standard InChI is InChI=1S/C20H46O2Si2/c1-15(2)21-23(17(5)6,18(7)8)13-14-24(19(9)10,20(11)12)22-16(3)4/h15-20H,13-14H2,1-12H3. The first-order valence-corrected chi connectivity index (χ1v) is 14.7. The van der Waals surface area contributed by atoms with Gasteiger partial charge in [0.05, 0.1) is 0 Å². The molecular weight excluding hydrogens is 328 g/mol. The van der Waals surface area contributed by atoms with Gasteiger partial charge in [-0.3, -0.25) is 0 Å². The molecule has 0 aromatic heterocycles. The van der Waals surface area contributed by atoms with Crippen LogP contribution in [-0.4, -0.2) is 28.8 Å². The van der Waals surface area contributed by atoms with Crippen LogP contribution in [0, 0.1) is 0 Å². The molecule has 0 atom stereocenters. The summed E-state index contributed by atoms with van der Waals surface area (Å²) >= 11 is 0. The Balaban J connectivity index is 5.67. The highest BCUT2D eigenvalue weighted by molar-refractivity contribution is 6.81. The number of hydrogen-bond acceptors (Lipinski definition) is 2. The lowest BCUT2D eigenvalue weighted by molar-refractivity contribution is 0.206. The SMILES string of the molecule is CC(C)O[Si](CC[Si](OC(C)C)(C(C)C)C(C)C)(C(C)C)C(C)C. The van der Waals surface area contributed by atoms with E-state index in [1.165, 1.54) is 12.1 Å². The Hall–Kier alpha value is 0.354. The van der Waals surface area contributed by atoms with Gasteiger partial charge in [-0.25, -0.2) is 0 Å². The average Bonchev–Trinajstić information content (AvgIpc) is 2.39. The van der Waals surface area contributed by atoms with Gasteiger partial charge in [-0.05, 0) is 61.9 Å². The van der Waals surface area contributed by atoms with Crippen molar-refractivity contribution in [3.8, 4) is 0 Å². The summed E-state index contributed by atoms with van der Waals surface area (Å²) in [6.07, 6.45) is 0.642. The van der Waals surface area contributed by atoms with Crippen molar-refractivity contribution in [3.63, 3.8) is 0 Å². The summed E-state index contributed by atoms with van der Waals surface area (Å²) in [6, 6.07) is 2.49. The third kappa shape index (κ3) is 5.96. The van der Waals surface area contributed by atoms with Crippen LogP contribution in [0.4, 0.5) is 0 Å². The minimum Gasteiger partial charge on any atom is -0.414 e. The van der Waals surface area contributed by atoms with E-state index in [0.717, 1.165) is 0 Å². The predicted octanol–water partition coefficient (Wildman–Crippen LogP) is 7.37. The van der Waals surface area contributed by atoms with Crippen LogP contribution >= 0.6 is 0 Å². The fourth-order valence-corrected chi connectivity index (χ4v) is 15.6. The fraction of sp³-hybridized carbons (Fsp3) is 1.00. The van der Waals surface area contributed by atoms with E-state index in [0.29, 0.717) is 34.4 Å². The molecule has 0 bridgehead atoms. The number of rotatable bonds is 11. The molecule has 0 fully saturated rings. The minimum absolute atomic E-state index is 0.321. The molecule has 0 aliphatic heterocycles. The highest BCUT2D eigenvalue weighted by Gasteiger charge is 2.48. The molecule has 146 valence electrons.